The van der Waals surface area contributed by atoms with Gasteiger partial charge in [0.05, 0.1) is 6.61 Å². The van der Waals surface area contributed by atoms with E-state index in [1.54, 1.807) is 0 Å². The summed E-state index contributed by atoms with van der Waals surface area (Å²) in [5.41, 5.74) is 3.32. The van der Waals surface area contributed by atoms with Gasteiger partial charge in [0.15, 0.2) is 6.10 Å². The largest absolute Gasteiger partial charge is 0.479 e. The molecule has 3 nitrogen and oxygen atoms in total. The molecular weight excluding hydrogens is 228 g/mol. The summed E-state index contributed by atoms with van der Waals surface area (Å²) in [4.78, 5) is 11.2. The monoisotopic (exact) mass is 250 g/mol. The van der Waals surface area contributed by atoms with Gasteiger partial charge in [0.25, 0.3) is 0 Å². The van der Waals surface area contributed by atoms with E-state index in [9.17, 15) is 9.90 Å². The number of hydrogen-bond acceptors (Lipinski definition) is 2. The highest BCUT2D eigenvalue weighted by Crippen LogP contribution is 2.17. The molecule has 0 aliphatic rings. The van der Waals surface area contributed by atoms with Crippen molar-refractivity contribution in [3.05, 3.63) is 34.9 Å². The molecule has 3 heteroatoms. The first-order valence-corrected chi connectivity index (χ1v) is 6.31. The minimum atomic E-state index is -0.890. The number of benzene rings is 1. The fourth-order valence-electron chi connectivity index (χ4n) is 1.88. The van der Waals surface area contributed by atoms with Crippen molar-refractivity contribution in [1.29, 1.82) is 0 Å². The molecule has 1 rings (SSSR count). The van der Waals surface area contributed by atoms with Gasteiger partial charge in [0.2, 0.25) is 0 Å². The second kappa shape index (κ2) is 6.55. The molecule has 0 amide bonds. The SMILES string of the molecule is Cc1cccc(C)c1C[C@H](OCC(C)C)C(=O)O. The second-order valence-electron chi connectivity index (χ2n) is 5.13. The van der Waals surface area contributed by atoms with Crippen LogP contribution in [0.2, 0.25) is 0 Å². The van der Waals surface area contributed by atoms with Gasteiger partial charge >= 0.3 is 5.97 Å². The van der Waals surface area contributed by atoms with Crippen LogP contribution in [0.5, 0.6) is 0 Å². The average Bonchev–Trinajstić information content (AvgIpc) is 2.26. The minimum Gasteiger partial charge on any atom is -0.479 e. The molecule has 100 valence electrons. The van der Waals surface area contributed by atoms with Crippen LogP contribution in [0.25, 0.3) is 0 Å². The summed E-state index contributed by atoms with van der Waals surface area (Å²) < 4.78 is 5.48. The van der Waals surface area contributed by atoms with Gasteiger partial charge < -0.3 is 9.84 Å². The van der Waals surface area contributed by atoms with Crippen LogP contribution in [0.1, 0.15) is 30.5 Å². The third kappa shape index (κ3) is 4.15. The van der Waals surface area contributed by atoms with Crippen molar-refractivity contribution >= 4 is 5.97 Å². The smallest absolute Gasteiger partial charge is 0.333 e. The van der Waals surface area contributed by atoms with Crippen LogP contribution in [0.4, 0.5) is 0 Å². The molecule has 0 radical (unpaired) electrons. The van der Waals surface area contributed by atoms with Gasteiger partial charge in [0, 0.05) is 6.42 Å². The zero-order chi connectivity index (χ0) is 13.7. The number of hydrogen-bond donors (Lipinski definition) is 1. The van der Waals surface area contributed by atoms with Crippen molar-refractivity contribution in [2.45, 2.75) is 40.2 Å². The number of ether oxygens (including phenoxy) is 1. The number of aryl methyl sites for hydroxylation is 2. The maximum atomic E-state index is 11.2. The molecule has 0 fully saturated rings. The number of carbonyl (C=O) groups is 1. The van der Waals surface area contributed by atoms with E-state index in [2.05, 4.69) is 0 Å². The van der Waals surface area contributed by atoms with Gasteiger partial charge in [-0.2, -0.15) is 0 Å². The quantitative estimate of drug-likeness (QED) is 0.844. The number of rotatable bonds is 6. The number of carboxylic acids is 1. The Bertz CT molecular complexity index is 390. The molecule has 0 bridgehead atoms. The Kier molecular flexibility index (Phi) is 5.35. The highest BCUT2D eigenvalue weighted by molar-refractivity contribution is 5.73. The molecule has 0 heterocycles. The van der Waals surface area contributed by atoms with E-state index in [0.717, 1.165) is 16.7 Å². The highest BCUT2D eigenvalue weighted by atomic mass is 16.5. The van der Waals surface area contributed by atoms with Crippen molar-refractivity contribution in [2.75, 3.05) is 6.61 Å². The lowest BCUT2D eigenvalue weighted by Crippen LogP contribution is -2.28. The van der Waals surface area contributed by atoms with Crippen molar-refractivity contribution in [3.8, 4) is 0 Å². The van der Waals surface area contributed by atoms with E-state index in [0.29, 0.717) is 18.9 Å². The third-order valence-electron chi connectivity index (χ3n) is 2.94. The maximum absolute atomic E-state index is 11.2. The fourth-order valence-corrected chi connectivity index (χ4v) is 1.88. The Hall–Kier alpha value is -1.35. The second-order valence-corrected chi connectivity index (χ2v) is 5.13. The molecule has 1 N–H and O–H groups in total. The number of carboxylic acid groups (broad SMARTS) is 1. The van der Waals surface area contributed by atoms with Crippen molar-refractivity contribution in [2.24, 2.45) is 5.92 Å². The molecule has 1 aromatic rings. The maximum Gasteiger partial charge on any atom is 0.333 e. The van der Waals surface area contributed by atoms with E-state index in [1.807, 2.05) is 45.9 Å². The summed E-state index contributed by atoms with van der Waals surface area (Å²) in [6, 6.07) is 5.99. The van der Waals surface area contributed by atoms with Crippen LogP contribution in [0.15, 0.2) is 18.2 Å². The molecule has 0 saturated carbocycles. The molecule has 1 aromatic carbocycles. The van der Waals surface area contributed by atoms with E-state index >= 15 is 0 Å². The molecule has 0 aliphatic carbocycles. The first-order chi connectivity index (χ1) is 8.41. The Labute approximate surface area is 109 Å². The van der Waals surface area contributed by atoms with Crippen LogP contribution in [0, 0.1) is 19.8 Å². The van der Waals surface area contributed by atoms with Gasteiger partial charge in [0.1, 0.15) is 0 Å². The Morgan fingerprint density at radius 2 is 1.83 bits per heavy atom. The van der Waals surface area contributed by atoms with E-state index in [1.165, 1.54) is 0 Å². The van der Waals surface area contributed by atoms with Gasteiger partial charge in [-0.25, -0.2) is 4.79 Å². The first-order valence-electron chi connectivity index (χ1n) is 6.31. The summed E-state index contributed by atoms with van der Waals surface area (Å²) in [6.07, 6.45) is -0.326. The lowest BCUT2D eigenvalue weighted by molar-refractivity contribution is -0.150. The van der Waals surface area contributed by atoms with Crippen LogP contribution in [-0.4, -0.2) is 23.8 Å². The summed E-state index contributed by atoms with van der Waals surface area (Å²) in [5, 5.41) is 9.20. The average molecular weight is 250 g/mol. The van der Waals surface area contributed by atoms with Crippen LogP contribution >= 0.6 is 0 Å². The highest BCUT2D eigenvalue weighted by Gasteiger charge is 2.20. The summed E-state index contributed by atoms with van der Waals surface area (Å²) >= 11 is 0. The molecule has 0 spiro atoms. The van der Waals surface area contributed by atoms with Crippen molar-refractivity contribution in [3.63, 3.8) is 0 Å². The van der Waals surface area contributed by atoms with Gasteiger partial charge in [-0.15, -0.1) is 0 Å². The molecule has 18 heavy (non-hydrogen) atoms. The van der Waals surface area contributed by atoms with Gasteiger partial charge in [-0.3, -0.25) is 0 Å². The van der Waals surface area contributed by atoms with Gasteiger partial charge in [-0.1, -0.05) is 32.0 Å². The molecule has 0 aliphatic heterocycles. The Morgan fingerprint density at radius 3 is 2.28 bits per heavy atom. The van der Waals surface area contributed by atoms with Crippen LogP contribution in [-0.2, 0) is 16.0 Å². The zero-order valence-electron chi connectivity index (χ0n) is 11.6. The minimum absolute atomic E-state index is 0.338. The standard InChI is InChI=1S/C15H22O3/c1-10(2)9-18-14(15(16)17)8-13-11(3)6-5-7-12(13)4/h5-7,10,14H,8-9H2,1-4H3,(H,16,17)/t14-/m0/s1. The van der Waals surface area contributed by atoms with Gasteiger partial charge in [-0.05, 0) is 36.5 Å². The lowest BCUT2D eigenvalue weighted by Gasteiger charge is -2.17. The molecule has 0 unspecified atom stereocenters. The third-order valence-corrected chi connectivity index (χ3v) is 2.94. The molecule has 0 saturated heterocycles. The van der Waals surface area contributed by atoms with Crippen molar-refractivity contribution < 1.29 is 14.6 Å². The zero-order valence-corrected chi connectivity index (χ0v) is 11.6. The molecule has 0 aromatic heterocycles. The topological polar surface area (TPSA) is 46.5 Å². The summed E-state index contributed by atoms with van der Waals surface area (Å²) in [6.45, 7) is 8.51. The van der Waals surface area contributed by atoms with E-state index < -0.39 is 12.1 Å². The molecular formula is C15H22O3. The Morgan fingerprint density at radius 1 is 1.28 bits per heavy atom. The van der Waals surface area contributed by atoms with E-state index in [-0.39, 0.29) is 0 Å². The predicted octanol–water partition coefficient (Wildman–Crippen LogP) is 2.97. The van der Waals surface area contributed by atoms with Crippen molar-refractivity contribution in [1.82, 2.24) is 0 Å². The normalized spacial score (nSPS) is 12.7. The predicted molar refractivity (Wildman–Crippen MR) is 71.8 cm³/mol. The lowest BCUT2D eigenvalue weighted by atomic mass is 9.97. The molecule has 1 atom stereocenters. The van der Waals surface area contributed by atoms with E-state index in [4.69, 9.17) is 4.74 Å². The van der Waals surface area contributed by atoms with Crippen LogP contribution < -0.4 is 0 Å². The Balaban J connectivity index is 2.80. The fraction of sp³-hybridized carbons (Fsp3) is 0.533. The summed E-state index contributed by atoms with van der Waals surface area (Å²) in [7, 11) is 0. The summed E-state index contributed by atoms with van der Waals surface area (Å²) in [5.74, 6) is -0.553. The van der Waals surface area contributed by atoms with Crippen LogP contribution in [0.3, 0.4) is 0 Å². The first kappa shape index (κ1) is 14.7. The number of aliphatic carboxylic acids is 1.